The van der Waals surface area contributed by atoms with Crippen molar-refractivity contribution in [3.8, 4) is 0 Å². The molecule has 1 N–H and O–H groups in total. The molecular formula is C16H18BrN. The van der Waals surface area contributed by atoms with Gasteiger partial charge >= 0.3 is 0 Å². The van der Waals surface area contributed by atoms with E-state index in [4.69, 9.17) is 0 Å². The van der Waals surface area contributed by atoms with Crippen LogP contribution in [-0.4, -0.2) is 0 Å². The maximum Gasteiger partial charge on any atom is 0.0403 e. The van der Waals surface area contributed by atoms with E-state index in [-0.39, 0.29) is 0 Å². The lowest BCUT2D eigenvalue weighted by atomic mass is 10.1. The van der Waals surface area contributed by atoms with E-state index in [0.29, 0.717) is 0 Å². The molecule has 0 aliphatic rings. The van der Waals surface area contributed by atoms with Crippen LogP contribution in [0.15, 0.2) is 40.9 Å². The van der Waals surface area contributed by atoms with Crippen molar-refractivity contribution in [2.24, 2.45) is 0 Å². The first kappa shape index (κ1) is 13.2. The zero-order valence-corrected chi connectivity index (χ0v) is 12.6. The van der Waals surface area contributed by atoms with Crippen LogP contribution in [0.1, 0.15) is 22.3 Å². The summed E-state index contributed by atoms with van der Waals surface area (Å²) >= 11 is 3.52. The summed E-state index contributed by atoms with van der Waals surface area (Å²) in [5, 5.41) is 3.48. The van der Waals surface area contributed by atoms with Crippen molar-refractivity contribution in [3.05, 3.63) is 63.1 Å². The van der Waals surface area contributed by atoms with Gasteiger partial charge in [0, 0.05) is 16.7 Å². The molecule has 2 rings (SSSR count). The average molecular weight is 304 g/mol. The SMILES string of the molecule is Cc1ccc(C)c(CNc2ccc(Br)c(C)c2)c1. The van der Waals surface area contributed by atoms with Crippen LogP contribution in [0, 0.1) is 20.8 Å². The number of hydrogen-bond acceptors (Lipinski definition) is 1. The molecule has 0 unspecified atom stereocenters. The highest BCUT2D eigenvalue weighted by Gasteiger charge is 2.00. The molecule has 0 bridgehead atoms. The molecule has 0 spiro atoms. The average Bonchev–Trinajstić information content (AvgIpc) is 2.34. The summed E-state index contributed by atoms with van der Waals surface area (Å²) in [6.07, 6.45) is 0. The Morgan fingerprint density at radius 1 is 0.944 bits per heavy atom. The van der Waals surface area contributed by atoms with Crippen LogP contribution in [0.4, 0.5) is 5.69 Å². The van der Waals surface area contributed by atoms with Gasteiger partial charge in [-0.05, 0) is 55.7 Å². The summed E-state index contributed by atoms with van der Waals surface area (Å²) < 4.78 is 1.15. The van der Waals surface area contributed by atoms with Crippen LogP contribution in [-0.2, 0) is 6.54 Å². The van der Waals surface area contributed by atoms with Crippen molar-refractivity contribution in [3.63, 3.8) is 0 Å². The first-order valence-corrected chi connectivity index (χ1v) is 6.92. The summed E-state index contributed by atoms with van der Waals surface area (Å²) in [4.78, 5) is 0. The summed E-state index contributed by atoms with van der Waals surface area (Å²) in [6.45, 7) is 7.26. The van der Waals surface area contributed by atoms with E-state index >= 15 is 0 Å². The van der Waals surface area contributed by atoms with Gasteiger partial charge in [-0.25, -0.2) is 0 Å². The van der Waals surface area contributed by atoms with Crippen molar-refractivity contribution in [1.29, 1.82) is 0 Å². The third-order valence-electron chi connectivity index (χ3n) is 3.15. The molecule has 0 saturated heterocycles. The van der Waals surface area contributed by atoms with Crippen LogP contribution >= 0.6 is 15.9 Å². The molecule has 0 saturated carbocycles. The topological polar surface area (TPSA) is 12.0 Å². The van der Waals surface area contributed by atoms with E-state index in [2.05, 4.69) is 78.4 Å². The molecule has 2 aromatic carbocycles. The fraction of sp³-hybridized carbons (Fsp3) is 0.250. The number of rotatable bonds is 3. The van der Waals surface area contributed by atoms with Gasteiger partial charge in [0.05, 0.1) is 0 Å². The quantitative estimate of drug-likeness (QED) is 0.842. The second-order valence-corrected chi connectivity index (χ2v) is 5.60. The van der Waals surface area contributed by atoms with Crippen LogP contribution in [0.2, 0.25) is 0 Å². The number of benzene rings is 2. The smallest absolute Gasteiger partial charge is 0.0403 e. The van der Waals surface area contributed by atoms with Crippen molar-refractivity contribution in [2.45, 2.75) is 27.3 Å². The lowest BCUT2D eigenvalue weighted by Gasteiger charge is -2.11. The number of aryl methyl sites for hydroxylation is 3. The van der Waals surface area contributed by atoms with Gasteiger partial charge < -0.3 is 5.32 Å². The second-order valence-electron chi connectivity index (χ2n) is 4.75. The van der Waals surface area contributed by atoms with E-state index in [1.807, 2.05) is 0 Å². The van der Waals surface area contributed by atoms with Gasteiger partial charge in [0.25, 0.3) is 0 Å². The predicted octanol–water partition coefficient (Wildman–Crippen LogP) is 4.99. The van der Waals surface area contributed by atoms with Gasteiger partial charge in [-0.15, -0.1) is 0 Å². The Morgan fingerprint density at radius 3 is 2.44 bits per heavy atom. The Hall–Kier alpha value is -1.28. The third kappa shape index (κ3) is 3.14. The molecule has 0 radical (unpaired) electrons. The summed E-state index contributed by atoms with van der Waals surface area (Å²) in [7, 11) is 0. The van der Waals surface area contributed by atoms with E-state index in [0.717, 1.165) is 16.7 Å². The van der Waals surface area contributed by atoms with Crippen molar-refractivity contribution in [1.82, 2.24) is 0 Å². The molecule has 0 fully saturated rings. The number of hydrogen-bond donors (Lipinski definition) is 1. The molecule has 0 aliphatic heterocycles. The van der Waals surface area contributed by atoms with Crippen LogP contribution < -0.4 is 5.32 Å². The van der Waals surface area contributed by atoms with E-state index in [9.17, 15) is 0 Å². The molecule has 2 heteroatoms. The highest BCUT2D eigenvalue weighted by atomic mass is 79.9. The fourth-order valence-corrected chi connectivity index (χ4v) is 2.19. The van der Waals surface area contributed by atoms with E-state index in [1.54, 1.807) is 0 Å². The van der Waals surface area contributed by atoms with Crippen molar-refractivity contribution < 1.29 is 0 Å². The molecule has 1 nitrogen and oxygen atoms in total. The molecule has 0 aliphatic carbocycles. The number of anilines is 1. The Bertz CT molecular complexity index is 561. The highest BCUT2D eigenvalue weighted by molar-refractivity contribution is 9.10. The van der Waals surface area contributed by atoms with Crippen LogP contribution in [0.25, 0.3) is 0 Å². The minimum absolute atomic E-state index is 0.870. The molecule has 0 aromatic heterocycles. The second kappa shape index (κ2) is 5.57. The highest BCUT2D eigenvalue weighted by Crippen LogP contribution is 2.21. The molecule has 0 atom stereocenters. The van der Waals surface area contributed by atoms with Gasteiger partial charge in [-0.2, -0.15) is 0 Å². The van der Waals surface area contributed by atoms with Gasteiger partial charge in [0.2, 0.25) is 0 Å². The minimum Gasteiger partial charge on any atom is -0.381 e. The predicted molar refractivity (Wildman–Crippen MR) is 82.1 cm³/mol. The Kier molecular flexibility index (Phi) is 4.07. The van der Waals surface area contributed by atoms with Crippen molar-refractivity contribution >= 4 is 21.6 Å². The summed E-state index contributed by atoms with van der Waals surface area (Å²) in [5.74, 6) is 0. The maximum atomic E-state index is 3.52. The summed E-state index contributed by atoms with van der Waals surface area (Å²) in [5.41, 5.74) is 6.42. The molecule has 94 valence electrons. The van der Waals surface area contributed by atoms with Crippen molar-refractivity contribution in [2.75, 3.05) is 5.32 Å². The Labute approximate surface area is 117 Å². The number of halogens is 1. The molecular weight excluding hydrogens is 286 g/mol. The zero-order valence-electron chi connectivity index (χ0n) is 11.0. The molecule has 2 aromatic rings. The number of nitrogens with one attached hydrogen (secondary N) is 1. The van der Waals surface area contributed by atoms with Crippen LogP contribution in [0.3, 0.4) is 0 Å². The maximum absolute atomic E-state index is 3.52. The standard InChI is InChI=1S/C16H18BrN/c1-11-4-5-12(2)14(8-11)10-18-15-6-7-16(17)13(3)9-15/h4-9,18H,10H2,1-3H3. The first-order chi connectivity index (χ1) is 8.56. The van der Waals surface area contributed by atoms with Gasteiger partial charge in [-0.3, -0.25) is 0 Å². The van der Waals surface area contributed by atoms with Gasteiger partial charge in [0.1, 0.15) is 0 Å². The van der Waals surface area contributed by atoms with E-state index < -0.39 is 0 Å². The van der Waals surface area contributed by atoms with Crippen LogP contribution in [0.5, 0.6) is 0 Å². The fourth-order valence-electron chi connectivity index (χ4n) is 1.94. The first-order valence-electron chi connectivity index (χ1n) is 6.12. The summed E-state index contributed by atoms with van der Waals surface area (Å²) in [6, 6.07) is 12.9. The normalized spacial score (nSPS) is 10.4. The Morgan fingerprint density at radius 2 is 1.72 bits per heavy atom. The molecule has 0 heterocycles. The lowest BCUT2D eigenvalue weighted by Crippen LogP contribution is -2.02. The van der Waals surface area contributed by atoms with Gasteiger partial charge in [-0.1, -0.05) is 39.7 Å². The van der Waals surface area contributed by atoms with Gasteiger partial charge in [0.15, 0.2) is 0 Å². The Balaban J connectivity index is 2.11. The molecule has 0 amide bonds. The zero-order chi connectivity index (χ0) is 13.1. The molecule has 18 heavy (non-hydrogen) atoms. The minimum atomic E-state index is 0.870. The lowest BCUT2D eigenvalue weighted by molar-refractivity contribution is 1.11. The monoisotopic (exact) mass is 303 g/mol. The van der Waals surface area contributed by atoms with E-state index in [1.165, 1.54) is 22.3 Å². The third-order valence-corrected chi connectivity index (χ3v) is 4.04. The largest absolute Gasteiger partial charge is 0.381 e.